The van der Waals surface area contributed by atoms with Crippen LogP contribution in [0.3, 0.4) is 0 Å². The predicted octanol–water partition coefficient (Wildman–Crippen LogP) is 3.15. The second-order valence-corrected chi connectivity index (χ2v) is 8.99. The van der Waals surface area contributed by atoms with Gasteiger partial charge in [-0.2, -0.15) is 0 Å². The summed E-state index contributed by atoms with van der Waals surface area (Å²) in [6.45, 7) is 1.49. The van der Waals surface area contributed by atoms with E-state index in [9.17, 15) is 4.79 Å². The minimum Gasteiger partial charge on any atom is -0.493 e. The number of carbonyl (C=O) groups is 1. The van der Waals surface area contributed by atoms with E-state index in [1.165, 1.54) is 4.90 Å². The first kappa shape index (κ1) is 23.6. The van der Waals surface area contributed by atoms with Crippen molar-refractivity contribution in [2.75, 3.05) is 33.9 Å². The topological polar surface area (TPSA) is 130 Å². The third kappa shape index (κ3) is 4.44. The molecule has 12 heteroatoms. The van der Waals surface area contributed by atoms with Crippen molar-refractivity contribution < 1.29 is 33.6 Å². The summed E-state index contributed by atoms with van der Waals surface area (Å²) in [5.74, 6) is 2.79. The van der Waals surface area contributed by atoms with Crippen LogP contribution in [0.4, 0.5) is 4.79 Å². The molecule has 12 nitrogen and oxygen atoms in total. The van der Waals surface area contributed by atoms with Crippen LogP contribution in [-0.4, -0.2) is 75.6 Å². The SMILES string of the molecule is COc1ccc(C2COc3cc(Cn4cnc5cc(OC6CN(C(=O)O)C6)cnc54)cc(OC)c3O2)cn1. The molecule has 2 aliphatic rings. The lowest BCUT2D eigenvalue weighted by Gasteiger charge is -2.36. The minimum absolute atomic E-state index is 0.182. The molecule has 0 bridgehead atoms. The van der Waals surface area contributed by atoms with Gasteiger partial charge in [-0.1, -0.05) is 0 Å². The zero-order valence-electron chi connectivity index (χ0n) is 20.7. The fourth-order valence-corrected chi connectivity index (χ4v) is 4.47. The molecule has 0 spiro atoms. The summed E-state index contributed by atoms with van der Waals surface area (Å²) in [5.41, 5.74) is 3.17. The van der Waals surface area contributed by atoms with Crippen molar-refractivity contribution in [1.82, 2.24) is 24.4 Å². The van der Waals surface area contributed by atoms with Gasteiger partial charge in [-0.15, -0.1) is 0 Å². The second-order valence-electron chi connectivity index (χ2n) is 8.99. The summed E-state index contributed by atoms with van der Waals surface area (Å²) in [6, 6.07) is 9.32. The Kier molecular flexibility index (Phi) is 5.98. The van der Waals surface area contributed by atoms with Crippen LogP contribution in [0.2, 0.25) is 0 Å². The highest BCUT2D eigenvalue weighted by molar-refractivity contribution is 5.72. The molecule has 196 valence electrons. The minimum atomic E-state index is -0.942. The maximum Gasteiger partial charge on any atom is 0.407 e. The van der Waals surface area contributed by atoms with E-state index >= 15 is 0 Å². The molecule has 2 aliphatic heterocycles. The van der Waals surface area contributed by atoms with Gasteiger partial charge in [-0.3, -0.25) is 0 Å². The van der Waals surface area contributed by atoms with E-state index in [2.05, 4.69) is 15.0 Å². The highest BCUT2D eigenvalue weighted by atomic mass is 16.6. The second kappa shape index (κ2) is 9.61. The average Bonchev–Trinajstić information content (AvgIpc) is 3.31. The van der Waals surface area contributed by atoms with Crippen molar-refractivity contribution >= 4 is 17.3 Å². The molecular weight excluding hydrogens is 494 g/mol. The van der Waals surface area contributed by atoms with Gasteiger partial charge in [-0.05, 0) is 23.8 Å². The molecule has 4 aromatic rings. The lowest BCUT2D eigenvalue weighted by Crippen LogP contribution is -2.55. The molecule has 1 aromatic carbocycles. The number of carboxylic acid groups (broad SMARTS) is 1. The summed E-state index contributed by atoms with van der Waals surface area (Å²) >= 11 is 0. The highest BCUT2D eigenvalue weighted by Gasteiger charge is 2.32. The van der Waals surface area contributed by atoms with Crippen LogP contribution in [0.15, 0.2) is 49.1 Å². The molecule has 3 aromatic heterocycles. The Bertz CT molecular complexity index is 1470. The first-order valence-corrected chi connectivity index (χ1v) is 12.0. The number of rotatable bonds is 7. The van der Waals surface area contributed by atoms with Gasteiger partial charge < -0.3 is 38.3 Å². The zero-order chi connectivity index (χ0) is 26.2. The fourth-order valence-electron chi connectivity index (χ4n) is 4.47. The molecule has 5 heterocycles. The van der Waals surface area contributed by atoms with Crippen LogP contribution in [0.1, 0.15) is 17.2 Å². The van der Waals surface area contributed by atoms with Gasteiger partial charge in [0.25, 0.3) is 0 Å². The molecular formula is C26H25N5O7. The predicted molar refractivity (Wildman–Crippen MR) is 133 cm³/mol. The Balaban J connectivity index is 1.18. The molecule has 1 amide bonds. The number of fused-ring (bicyclic) bond motifs is 2. The molecule has 0 saturated carbocycles. The number of imidazole rings is 1. The Hall–Kier alpha value is -4.74. The van der Waals surface area contributed by atoms with Crippen LogP contribution < -0.4 is 23.7 Å². The number of likely N-dealkylation sites (tertiary alicyclic amines) is 1. The number of pyridine rings is 2. The standard InChI is InChI=1S/C26H25N5O7/c1-34-20-5-15(6-21-24(20)38-22(13-36-21)16-3-4-23(35-2)27-8-16)10-31-14-29-19-7-17(9-28-25(19)31)37-18-11-30(12-18)26(32)33/h3-9,14,18,22H,10-13H2,1-2H3,(H,32,33). The molecule has 6 rings (SSSR count). The van der Waals surface area contributed by atoms with E-state index in [1.807, 2.05) is 22.8 Å². The van der Waals surface area contributed by atoms with E-state index in [0.29, 0.717) is 66.3 Å². The summed E-state index contributed by atoms with van der Waals surface area (Å²) in [7, 11) is 3.16. The van der Waals surface area contributed by atoms with Gasteiger partial charge in [0, 0.05) is 23.9 Å². The van der Waals surface area contributed by atoms with Gasteiger partial charge in [0.15, 0.2) is 23.3 Å². The maximum absolute atomic E-state index is 10.9. The lowest BCUT2D eigenvalue weighted by molar-refractivity contribution is 0.0251. The average molecular weight is 520 g/mol. The summed E-state index contributed by atoms with van der Waals surface area (Å²) in [5, 5.41) is 8.97. The van der Waals surface area contributed by atoms with Crippen molar-refractivity contribution in [3.05, 3.63) is 60.2 Å². The Morgan fingerprint density at radius 3 is 2.71 bits per heavy atom. The molecule has 1 N–H and O–H groups in total. The zero-order valence-corrected chi connectivity index (χ0v) is 20.7. The van der Waals surface area contributed by atoms with Crippen LogP contribution in [-0.2, 0) is 6.54 Å². The van der Waals surface area contributed by atoms with Gasteiger partial charge >= 0.3 is 6.09 Å². The molecule has 0 aliphatic carbocycles. The molecule has 1 saturated heterocycles. The number of methoxy groups -OCH3 is 2. The van der Waals surface area contributed by atoms with E-state index in [4.69, 9.17) is 28.8 Å². The molecule has 1 atom stereocenters. The number of hydrogen-bond donors (Lipinski definition) is 1. The van der Waals surface area contributed by atoms with Crippen LogP contribution >= 0.6 is 0 Å². The first-order chi connectivity index (χ1) is 18.5. The lowest BCUT2D eigenvalue weighted by atomic mass is 10.1. The Labute approximate surface area is 217 Å². The summed E-state index contributed by atoms with van der Waals surface area (Å²) in [6.07, 6.45) is 3.60. The quantitative estimate of drug-likeness (QED) is 0.389. The van der Waals surface area contributed by atoms with E-state index in [1.54, 1.807) is 45.1 Å². The smallest absolute Gasteiger partial charge is 0.407 e. The first-order valence-electron chi connectivity index (χ1n) is 12.0. The van der Waals surface area contributed by atoms with Crippen molar-refractivity contribution in [2.24, 2.45) is 0 Å². The third-order valence-electron chi connectivity index (χ3n) is 6.50. The number of aromatic nitrogens is 4. The maximum atomic E-state index is 10.9. The van der Waals surface area contributed by atoms with Gasteiger partial charge in [-0.25, -0.2) is 19.7 Å². The van der Waals surface area contributed by atoms with Crippen molar-refractivity contribution in [1.29, 1.82) is 0 Å². The van der Waals surface area contributed by atoms with Gasteiger partial charge in [0.2, 0.25) is 11.6 Å². The molecule has 1 fully saturated rings. The van der Waals surface area contributed by atoms with Crippen molar-refractivity contribution in [3.8, 4) is 28.9 Å². The normalized spacial score (nSPS) is 16.7. The number of hydrogen-bond acceptors (Lipinski definition) is 9. The fraction of sp³-hybridized carbons (Fsp3) is 0.308. The van der Waals surface area contributed by atoms with Crippen molar-refractivity contribution in [2.45, 2.75) is 18.8 Å². The number of nitrogens with zero attached hydrogens (tertiary/aromatic N) is 5. The Morgan fingerprint density at radius 2 is 1.97 bits per heavy atom. The van der Waals surface area contributed by atoms with Crippen LogP contribution in [0.25, 0.3) is 11.2 Å². The monoisotopic (exact) mass is 519 g/mol. The van der Waals surface area contributed by atoms with Gasteiger partial charge in [0.05, 0.1) is 46.4 Å². The summed E-state index contributed by atoms with van der Waals surface area (Å²) in [4.78, 5) is 25.5. The van der Waals surface area contributed by atoms with E-state index in [0.717, 1.165) is 11.1 Å². The number of amides is 1. The molecule has 1 unspecified atom stereocenters. The van der Waals surface area contributed by atoms with Crippen LogP contribution in [0, 0.1) is 0 Å². The summed E-state index contributed by atoms with van der Waals surface area (Å²) < 4.78 is 30.8. The number of benzene rings is 1. The molecule has 38 heavy (non-hydrogen) atoms. The Morgan fingerprint density at radius 1 is 1.11 bits per heavy atom. The van der Waals surface area contributed by atoms with Gasteiger partial charge in [0.1, 0.15) is 24.0 Å². The third-order valence-corrected chi connectivity index (χ3v) is 6.50. The largest absolute Gasteiger partial charge is 0.493 e. The molecule has 0 radical (unpaired) electrons. The van der Waals surface area contributed by atoms with E-state index in [-0.39, 0.29) is 12.2 Å². The van der Waals surface area contributed by atoms with Crippen LogP contribution in [0.5, 0.6) is 28.9 Å². The van der Waals surface area contributed by atoms with Crippen molar-refractivity contribution in [3.63, 3.8) is 0 Å². The number of ether oxygens (including phenoxy) is 5. The van der Waals surface area contributed by atoms with E-state index < -0.39 is 6.09 Å². The highest BCUT2D eigenvalue weighted by Crippen LogP contribution is 2.44.